The molecule has 0 spiro atoms. The molecule has 17 heavy (non-hydrogen) atoms. The number of alkyl halides is 5. The Hall–Kier alpha value is 0.01000. The molecule has 0 atom stereocenters. The normalized spacial score (nSPS) is 12.3. The van der Waals surface area contributed by atoms with Gasteiger partial charge in [0.25, 0.3) is 3.79 Å². The van der Waals surface area contributed by atoms with Crippen LogP contribution in [0.1, 0.15) is 10.4 Å². The second kappa shape index (κ2) is 5.33. The maximum atomic E-state index is 11.9. The molecule has 0 saturated carbocycles. The van der Waals surface area contributed by atoms with Crippen LogP contribution in [0.3, 0.4) is 0 Å². The average Bonchev–Trinajstić information content (AvgIpc) is 2.27. The lowest BCUT2D eigenvalue weighted by Crippen LogP contribution is -2.42. The van der Waals surface area contributed by atoms with Crippen molar-refractivity contribution >= 4 is 69.6 Å². The first-order valence-electron chi connectivity index (χ1n) is 4.26. The minimum Gasteiger partial charge on any atom is -0.291 e. The summed E-state index contributed by atoms with van der Waals surface area (Å²) < 4.78 is -4.78. The first-order valence-corrected chi connectivity index (χ1v) is 6.15. The van der Waals surface area contributed by atoms with E-state index in [-0.39, 0.29) is 5.56 Å². The molecule has 0 fully saturated rings. The lowest BCUT2D eigenvalue weighted by molar-refractivity contribution is -0.117. The molecule has 0 bridgehead atoms. The summed E-state index contributed by atoms with van der Waals surface area (Å²) in [4.78, 5) is 23.5. The van der Waals surface area contributed by atoms with Gasteiger partial charge in [-0.2, -0.15) is 0 Å². The van der Waals surface area contributed by atoms with Gasteiger partial charge >= 0.3 is 0 Å². The second-order valence-corrected chi connectivity index (χ2v) is 6.71. The summed E-state index contributed by atoms with van der Waals surface area (Å²) in [6, 6.07) is 7.78. The van der Waals surface area contributed by atoms with E-state index in [4.69, 9.17) is 58.0 Å². The van der Waals surface area contributed by atoms with Crippen LogP contribution in [0.2, 0.25) is 0 Å². The van der Waals surface area contributed by atoms with E-state index in [1.54, 1.807) is 18.2 Å². The van der Waals surface area contributed by atoms with Gasteiger partial charge < -0.3 is 0 Å². The minimum atomic E-state index is -2.42. The minimum absolute atomic E-state index is 0.153. The number of benzene rings is 1. The van der Waals surface area contributed by atoms with E-state index in [0.717, 1.165) is 0 Å². The van der Waals surface area contributed by atoms with E-state index in [9.17, 15) is 9.59 Å². The van der Waals surface area contributed by atoms with E-state index >= 15 is 0 Å². The van der Waals surface area contributed by atoms with E-state index in [1.807, 2.05) is 0 Å². The third-order valence-electron chi connectivity index (χ3n) is 1.86. The highest BCUT2D eigenvalue weighted by molar-refractivity contribution is 6.83. The van der Waals surface area contributed by atoms with Crippen LogP contribution >= 0.6 is 58.0 Å². The van der Waals surface area contributed by atoms with Crippen LogP contribution in [-0.2, 0) is 4.79 Å². The second-order valence-electron chi connectivity index (χ2n) is 3.10. The molecule has 0 saturated heterocycles. The van der Waals surface area contributed by atoms with Crippen molar-refractivity contribution in [3.05, 3.63) is 35.9 Å². The fourth-order valence-corrected chi connectivity index (χ4v) is 2.27. The molecule has 0 unspecified atom stereocenters. The number of ketones is 2. The quantitative estimate of drug-likeness (QED) is 0.476. The first-order chi connectivity index (χ1) is 7.67. The Morgan fingerprint density at radius 1 is 0.882 bits per heavy atom. The number of halogens is 5. The molecule has 0 aliphatic carbocycles. The van der Waals surface area contributed by atoms with Crippen LogP contribution in [0.25, 0.3) is 0 Å². The summed E-state index contributed by atoms with van der Waals surface area (Å²) >= 11 is 27.4. The van der Waals surface area contributed by atoms with Crippen LogP contribution in [0, 0.1) is 0 Å². The van der Waals surface area contributed by atoms with Crippen molar-refractivity contribution in [2.24, 2.45) is 0 Å². The number of hydrogen-bond acceptors (Lipinski definition) is 2. The van der Waals surface area contributed by atoms with Gasteiger partial charge in [-0.15, -0.1) is 0 Å². The molecule has 2 nitrogen and oxygen atoms in total. The van der Waals surface area contributed by atoms with Crippen molar-refractivity contribution in [1.82, 2.24) is 0 Å². The largest absolute Gasteiger partial charge is 0.291 e. The Morgan fingerprint density at radius 2 is 1.35 bits per heavy atom. The Morgan fingerprint density at radius 3 is 1.76 bits per heavy atom. The molecule has 1 rings (SSSR count). The van der Waals surface area contributed by atoms with E-state index in [1.165, 1.54) is 12.1 Å². The summed E-state index contributed by atoms with van der Waals surface area (Å²) in [5, 5.41) is 0. The van der Waals surface area contributed by atoms with Crippen LogP contribution < -0.4 is 0 Å². The predicted octanol–water partition coefficient (Wildman–Crippen LogP) is 3.98. The highest BCUT2D eigenvalue weighted by atomic mass is 35.6. The van der Waals surface area contributed by atoms with Crippen LogP contribution in [-0.4, -0.2) is 19.7 Å². The molecule has 0 radical (unpaired) electrons. The topological polar surface area (TPSA) is 34.1 Å². The highest BCUT2D eigenvalue weighted by Crippen LogP contribution is 2.38. The van der Waals surface area contributed by atoms with Gasteiger partial charge in [0.15, 0.2) is 0 Å². The molecule has 7 heteroatoms. The van der Waals surface area contributed by atoms with Gasteiger partial charge in [-0.3, -0.25) is 9.59 Å². The predicted molar refractivity (Wildman–Crippen MR) is 70.5 cm³/mol. The van der Waals surface area contributed by atoms with E-state index in [2.05, 4.69) is 0 Å². The maximum absolute atomic E-state index is 11.9. The molecule has 0 heterocycles. The SMILES string of the molecule is O=C(c1ccccc1)C(Cl)(Cl)C(=O)C(Cl)(Cl)Cl. The third-order valence-corrected chi connectivity index (χ3v) is 3.07. The Bertz CT molecular complexity index is 436. The van der Waals surface area contributed by atoms with Gasteiger partial charge in [-0.25, -0.2) is 0 Å². The molecular formula is C10H5Cl5O2. The molecule has 1 aromatic carbocycles. The van der Waals surface area contributed by atoms with Crippen molar-refractivity contribution in [2.75, 3.05) is 0 Å². The van der Waals surface area contributed by atoms with Crippen molar-refractivity contribution in [3.8, 4) is 0 Å². The van der Waals surface area contributed by atoms with Crippen molar-refractivity contribution in [2.45, 2.75) is 8.13 Å². The van der Waals surface area contributed by atoms with Crippen LogP contribution in [0.5, 0.6) is 0 Å². The zero-order valence-corrected chi connectivity index (χ0v) is 11.9. The first kappa shape index (κ1) is 15.1. The van der Waals surface area contributed by atoms with Gasteiger partial charge in [0.2, 0.25) is 15.9 Å². The molecule has 0 aliphatic heterocycles. The summed E-state index contributed by atoms with van der Waals surface area (Å²) in [6.07, 6.45) is 0. The fourth-order valence-electron chi connectivity index (χ4n) is 1.05. The molecular weight excluding hydrogens is 329 g/mol. The van der Waals surface area contributed by atoms with Gasteiger partial charge in [-0.1, -0.05) is 88.3 Å². The van der Waals surface area contributed by atoms with Gasteiger partial charge in [0.1, 0.15) is 0 Å². The van der Waals surface area contributed by atoms with Crippen molar-refractivity contribution < 1.29 is 9.59 Å². The van der Waals surface area contributed by atoms with Crippen molar-refractivity contribution in [3.63, 3.8) is 0 Å². The smallest absolute Gasteiger partial charge is 0.252 e. The summed E-state index contributed by atoms with van der Waals surface area (Å²) in [5.41, 5.74) is 0.153. The fraction of sp³-hybridized carbons (Fsp3) is 0.200. The molecule has 1 aromatic rings. The number of carbonyl (C=O) groups is 2. The van der Waals surface area contributed by atoms with Gasteiger partial charge in [0, 0.05) is 5.56 Å². The molecule has 0 N–H and O–H groups in total. The van der Waals surface area contributed by atoms with E-state index < -0.39 is 19.7 Å². The summed E-state index contributed by atoms with van der Waals surface area (Å²) in [5.74, 6) is -2.04. The van der Waals surface area contributed by atoms with Gasteiger partial charge in [-0.05, 0) is 0 Å². The number of hydrogen-bond donors (Lipinski definition) is 0. The highest BCUT2D eigenvalue weighted by Gasteiger charge is 2.51. The monoisotopic (exact) mass is 332 g/mol. The maximum Gasteiger partial charge on any atom is 0.252 e. The number of carbonyl (C=O) groups excluding carboxylic acids is 2. The van der Waals surface area contributed by atoms with Crippen LogP contribution in [0.15, 0.2) is 30.3 Å². The zero-order valence-electron chi connectivity index (χ0n) is 8.09. The number of rotatable bonds is 3. The molecule has 0 aliphatic rings. The van der Waals surface area contributed by atoms with E-state index in [0.29, 0.717) is 0 Å². The number of Topliss-reactive ketones (excluding diaryl/α,β-unsaturated/α-hetero) is 2. The summed E-state index contributed by atoms with van der Waals surface area (Å²) in [7, 11) is 0. The Balaban J connectivity index is 3.08. The third kappa shape index (κ3) is 3.49. The average molecular weight is 334 g/mol. The molecule has 0 aromatic heterocycles. The van der Waals surface area contributed by atoms with Crippen molar-refractivity contribution in [1.29, 1.82) is 0 Å². The Kier molecular flexibility index (Phi) is 4.73. The lowest BCUT2D eigenvalue weighted by Gasteiger charge is -2.20. The summed E-state index contributed by atoms with van der Waals surface area (Å²) in [6.45, 7) is 0. The standard InChI is InChI=1S/C10H5Cl5O2/c11-9(12,8(17)10(13,14)15)7(16)6-4-2-1-3-5-6/h1-5H. The lowest BCUT2D eigenvalue weighted by atomic mass is 10.1. The molecule has 92 valence electrons. The molecule has 0 amide bonds. The zero-order chi connectivity index (χ0) is 13.3. The van der Waals surface area contributed by atoms with Crippen LogP contribution in [0.4, 0.5) is 0 Å². The Labute approximate surface area is 123 Å². The van der Waals surface area contributed by atoms with Gasteiger partial charge in [0.05, 0.1) is 0 Å².